The number of allylic oxidation sites excluding steroid dienone is 1. The molecule has 0 atom stereocenters. The van der Waals surface area contributed by atoms with Crippen molar-refractivity contribution in [3.05, 3.63) is 12.2 Å². The average Bonchev–Trinajstić information content (AvgIpc) is 2.39. The lowest BCUT2D eigenvalue weighted by molar-refractivity contribution is -0.138. The van der Waals surface area contributed by atoms with Gasteiger partial charge in [0, 0.05) is 12.5 Å². The molecule has 0 aliphatic rings. The molecule has 21 heavy (non-hydrogen) atoms. The van der Waals surface area contributed by atoms with Crippen molar-refractivity contribution >= 4 is 11.9 Å². The standard InChI is InChI=1S/C9H16O2.C8H16O2/c1-4-5-9(10)11-7-6-8(2)3;1-2-3-4-5-6-7-8(9)10/h4-5,8H,6-7H2,1-3H3;2-7H2,1H3,(H,9,10). The van der Waals surface area contributed by atoms with Crippen LogP contribution in [0.2, 0.25) is 0 Å². The molecule has 0 heterocycles. The van der Waals surface area contributed by atoms with Gasteiger partial charge in [0.1, 0.15) is 0 Å². The SMILES string of the molecule is CC=CC(=O)OCCC(C)C.CCCCCCCC(=O)O. The molecular formula is C17H32O4. The Labute approximate surface area is 129 Å². The first-order valence-corrected chi connectivity index (χ1v) is 7.95. The molecule has 0 radical (unpaired) electrons. The van der Waals surface area contributed by atoms with Crippen molar-refractivity contribution in [3.63, 3.8) is 0 Å². The fraction of sp³-hybridized carbons (Fsp3) is 0.765. The summed E-state index contributed by atoms with van der Waals surface area (Å²) in [5, 5.41) is 8.27. The summed E-state index contributed by atoms with van der Waals surface area (Å²) in [5.41, 5.74) is 0. The van der Waals surface area contributed by atoms with Crippen LogP contribution in [0.25, 0.3) is 0 Å². The monoisotopic (exact) mass is 300 g/mol. The lowest BCUT2D eigenvalue weighted by Gasteiger charge is -2.03. The van der Waals surface area contributed by atoms with Crippen molar-refractivity contribution in [2.45, 2.75) is 72.6 Å². The van der Waals surface area contributed by atoms with Crippen LogP contribution in [0.4, 0.5) is 0 Å². The van der Waals surface area contributed by atoms with E-state index in [-0.39, 0.29) is 5.97 Å². The van der Waals surface area contributed by atoms with Gasteiger partial charge in [-0.05, 0) is 25.7 Å². The third-order valence-electron chi connectivity index (χ3n) is 2.74. The third kappa shape index (κ3) is 24.1. The third-order valence-corrected chi connectivity index (χ3v) is 2.74. The van der Waals surface area contributed by atoms with Crippen LogP contribution in [0.15, 0.2) is 12.2 Å². The summed E-state index contributed by atoms with van der Waals surface area (Å²) in [7, 11) is 0. The van der Waals surface area contributed by atoms with Gasteiger partial charge in [-0.3, -0.25) is 4.79 Å². The van der Waals surface area contributed by atoms with E-state index in [2.05, 4.69) is 20.8 Å². The lowest BCUT2D eigenvalue weighted by atomic mass is 10.1. The molecule has 0 saturated carbocycles. The fourth-order valence-corrected chi connectivity index (χ4v) is 1.46. The molecule has 0 fully saturated rings. The molecule has 0 spiro atoms. The smallest absolute Gasteiger partial charge is 0.330 e. The Bertz CT molecular complexity index is 283. The average molecular weight is 300 g/mol. The molecule has 4 heteroatoms. The maximum absolute atomic E-state index is 10.7. The van der Waals surface area contributed by atoms with E-state index in [9.17, 15) is 9.59 Å². The number of esters is 1. The summed E-state index contributed by atoms with van der Waals surface area (Å²) in [5.74, 6) is -0.321. The van der Waals surface area contributed by atoms with E-state index in [1.54, 1.807) is 13.0 Å². The van der Waals surface area contributed by atoms with E-state index in [4.69, 9.17) is 9.84 Å². The second-order valence-electron chi connectivity index (χ2n) is 5.41. The van der Waals surface area contributed by atoms with Crippen LogP contribution in [0.5, 0.6) is 0 Å². The summed E-state index contributed by atoms with van der Waals surface area (Å²) in [6, 6.07) is 0. The quantitative estimate of drug-likeness (QED) is 0.364. The Morgan fingerprint density at radius 3 is 2.24 bits per heavy atom. The molecular weight excluding hydrogens is 268 g/mol. The molecule has 124 valence electrons. The van der Waals surface area contributed by atoms with Crippen molar-refractivity contribution in [2.24, 2.45) is 5.92 Å². The van der Waals surface area contributed by atoms with Gasteiger partial charge in [0.25, 0.3) is 0 Å². The Morgan fingerprint density at radius 2 is 1.76 bits per heavy atom. The zero-order valence-corrected chi connectivity index (χ0v) is 14.1. The lowest BCUT2D eigenvalue weighted by Crippen LogP contribution is -2.04. The highest BCUT2D eigenvalue weighted by atomic mass is 16.5. The normalized spacial score (nSPS) is 10.3. The zero-order valence-electron chi connectivity index (χ0n) is 14.1. The number of carbonyl (C=O) groups excluding carboxylic acids is 1. The number of rotatable bonds is 10. The van der Waals surface area contributed by atoms with Gasteiger partial charge in [-0.15, -0.1) is 0 Å². The van der Waals surface area contributed by atoms with Crippen LogP contribution in [-0.2, 0) is 14.3 Å². The first-order chi connectivity index (χ1) is 9.93. The van der Waals surface area contributed by atoms with E-state index >= 15 is 0 Å². The van der Waals surface area contributed by atoms with Crippen LogP contribution >= 0.6 is 0 Å². The minimum atomic E-state index is -0.670. The molecule has 0 aromatic heterocycles. The summed E-state index contributed by atoms with van der Waals surface area (Å²) in [4.78, 5) is 20.7. The molecule has 4 nitrogen and oxygen atoms in total. The van der Waals surface area contributed by atoms with Gasteiger partial charge in [0.05, 0.1) is 6.61 Å². The maximum atomic E-state index is 10.7. The Balaban J connectivity index is 0. The maximum Gasteiger partial charge on any atom is 0.330 e. The minimum Gasteiger partial charge on any atom is -0.481 e. The largest absolute Gasteiger partial charge is 0.481 e. The molecule has 0 rings (SSSR count). The van der Waals surface area contributed by atoms with E-state index in [0.717, 1.165) is 19.3 Å². The predicted octanol–water partition coefficient (Wildman–Crippen LogP) is 4.58. The number of carboxylic acid groups (broad SMARTS) is 1. The molecule has 0 bridgehead atoms. The Hall–Kier alpha value is -1.32. The first-order valence-electron chi connectivity index (χ1n) is 7.95. The molecule has 0 unspecified atom stereocenters. The number of hydrogen-bond donors (Lipinski definition) is 1. The predicted molar refractivity (Wildman–Crippen MR) is 86.2 cm³/mol. The molecule has 0 amide bonds. The fourth-order valence-electron chi connectivity index (χ4n) is 1.46. The highest BCUT2D eigenvalue weighted by molar-refractivity contribution is 5.81. The van der Waals surface area contributed by atoms with Gasteiger partial charge < -0.3 is 9.84 Å². The number of carbonyl (C=O) groups is 2. The number of unbranched alkanes of at least 4 members (excludes halogenated alkanes) is 4. The van der Waals surface area contributed by atoms with Gasteiger partial charge in [-0.25, -0.2) is 4.79 Å². The molecule has 0 aromatic carbocycles. The Morgan fingerprint density at radius 1 is 1.14 bits per heavy atom. The van der Waals surface area contributed by atoms with Crippen LogP contribution in [-0.4, -0.2) is 23.7 Å². The summed E-state index contributed by atoms with van der Waals surface area (Å²) >= 11 is 0. The van der Waals surface area contributed by atoms with Crippen molar-refractivity contribution in [3.8, 4) is 0 Å². The molecule has 0 aliphatic heterocycles. The van der Waals surface area contributed by atoms with Gasteiger partial charge in [-0.2, -0.15) is 0 Å². The van der Waals surface area contributed by atoms with E-state index < -0.39 is 5.97 Å². The summed E-state index contributed by atoms with van der Waals surface area (Å²) in [6.07, 6.45) is 9.93. The van der Waals surface area contributed by atoms with Crippen LogP contribution in [0, 0.1) is 5.92 Å². The van der Waals surface area contributed by atoms with Crippen molar-refractivity contribution < 1.29 is 19.4 Å². The second-order valence-corrected chi connectivity index (χ2v) is 5.41. The summed E-state index contributed by atoms with van der Waals surface area (Å²) < 4.78 is 4.87. The van der Waals surface area contributed by atoms with Crippen molar-refractivity contribution in [1.29, 1.82) is 0 Å². The first kappa shape index (κ1) is 22.0. The van der Waals surface area contributed by atoms with Crippen LogP contribution < -0.4 is 0 Å². The van der Waals surface area contributed by atoms with Gasteiger partial charge in [0.2, 0.25) is 0 Å². The van der Waals surface area contributed by atoms with Gasteiger partial charge in [-0.1, -0.05) is 52.5 Å². The molecule has 0 aromatic rings. The highest BCUT2D eigenvalue weighted by Crippen LogP contribution is 2.04. The molecule has 0 aliphatic carbocycles. The van der Waals surface area contributed by atoms with Gasteiger partial charge >= 0.3 is 11.9 Å². The van der Waals surface area contributed by atoms with Crippen molar-refractivity contribution in [2.75, 3.05) is 6.61 Å². The number of carboxylic acids is 1. The summed E-state index contributed by atoms with van der Waals surface area (Å²) in [6.45, 7) is 8.68. The topological polar surface area (TPSA) is 63.6 Å². The number of aliphatic carboxylic acids is 1. The van der Waals surface area contributed by atoms with Gasteiger partial charge in [0.15, 0.2) is 0 Å². The van der Waals surface area contributed by atoms with Crippen LogP contribution in [0.3, 0.4) is 0 Å². The molecule has 1 N–H and O–H groups in total. The van der Waals surface area contributed by atoms with Crippen LogP contribution in [0.1, 0.15) is 72.6 Å². The number of hydrogen-bond acceptors (Lipinski definition) is 3. The zero-order chi connectivity index (χ0) is 16.5. The van der Waals surface area contributed by atoms with E-state index in [1.165, 1.54) is 25.3 Å². The number of ether oxygens (including phenoxy) is 1. The van der Waals surface area contributed by atoms with E-state index in [1.807, 2.05) is 0 Å². The molecule has 0 saturated heterocycles. The minimum absolute atomic E-state index is 0.242. The Kier molecular flexibility index (Phi) is 17.5. The van der Waals surface area contributed by atoms with Crippen molar-refractivity contribution in [1.82, 2.24) is 0 Å². The second kappa shape index (κ2) is 16.7. The van der Waals surface area contributed by atoms with E-state index in [0.29, 0.717) is 18.9 Å². The highest BCUT2D eigenvalue weighted by Gasteiger charge is 1.97.